The van der Waals surface area contributed by atoms with E-state index in [2.05, 4.69) is 106 Å². The van der Waals surface area contributed by atoms with E-state index in [0.717, 1.165) is 45.0 Å². The van der Waals surface area contributed by atoms with Gasteiger partial charge >= 0.3 is 0 Å². The van der Waals surface area contributed by atoms with Gasteiger partial charge in [-0.3, -0.25) is 4.57 Å². The molecule has 4 aromatic carbocycles. The third-order valence-electron chi connectivity index (χ3n) is 8.19. The first-order chi connectivity index (χ1) is 20.9. The van der Waals surface area contributed by atoms with E-state index in [1.165, 1.54) is 33.2 Å². The maximum atomic E-state index is 6.45. The smallest absolute Gasteiger partial charge is 0.137 e. The van der Waals surface area contributed by atoms with Crippen molar-refractivity contribution in [3.05, 3.63) is 132 Å². The monoisotopic (exact) mass is 562 g/mol. The zero-order chi connectivity index (χ0) is 29.7. The standard InChI is InChI=1S/C38H34N4O/c1-24(2)28-18-26(4)38(27(5)19-28)29-22-40-41(23-29)30-9-8-10-31(20-30)43-32-13-14-34-33-11-6-7-12-35(33)42(36(34)21-32)37-17-25(3)15-16-39-37/h6-24H,1-5H3. The van der Waals surface area contributed by atoms with Crippen molar-refractivity contribution in [2.45, 2.75) is 40.5 Å². The number of pyridine rings is 1. The average Bonchev–Trinajstić information content (AvgIpc) is 3.60. The van der Waals surface area contributed by atoms with Crippen LogP contribution < -0.4 is 4.74 Å². The molecule has 3 aromatic heterocycles. The van der Waals surface area contributed by atoms with E-state index in [-0.39, 0.29) is 0 Å². The molecule has 0 aliphatic carbocycles. The Morgan fingerprint density at radius 3 is 2.28 bits per heavy atom. The Morgan fingerprint density at radius 2 is 1.49 bits per heavy atom. The highest BCUT2D eigenvalue weighted by atomic mass is 16.5. The summed E-state index contributed by atoms with van der Waals surface area (Å²) in [5.41, 5.74) is 10.5. The van der Waals surface area contributed by atoms with Crippen LogP contribution >= 0.6 is 0 Å². The zero-order valence-electron chi connectivity index (χ0n) is 25.2. The summed E-state index contributed by atoms with van der Waals surface area (Å²) in [4.78, 5) is 4.70. The topological polar surface area (TPSA) is 44.9 Å². The Kier molecular flexibility index (Phi) is 6.58. The Morgan fingerprint density at radius 1 is 0.721 bits per heavy atom. The summed E-state index contributed by atoms with van der Waals surface area (Å²) in [6, 6.07) is 31.5. The number of nitrogens with zero attached hydrogens (tertiary/aromatic N) is 4. The molecule has 0 N–H and O–H groups in total. The average molecular weight is 563 g/mol. The van der Waals surface area contributed by atoms with Crippen LogP contribution in [0.15, 0.2) is 110 Å². The van der Waals surface area contributed by atoms with Crippen LogP contribution in [0.2, 0.25) is 0 Å². The number of benzene rings is 4. The molecule has 0 aliphatic rings. The molecule has 0 atom stereocenters. The van der Waals surface area contributed by atoms with Gasteiger partial charge in [0.25, 0.3) is 0 Å². The number of para-hydroxylation sites is 1. The number of ether oxygens (including phenoxy) is 1. The number of hydrogen-bond donors (Lipinski definition) is 0. The van der Waals surface area contributed by atoms with Gasteiger partial charge in [-0.05, 0) is 97.0 Å². The molecule has 5 heteroatoms. The molecule has 7 aromatic rings. The predicted molar refractivity (Wildman–Crippen MR) is 176 cm³/mol. The minimum atomic E-state index is 0.500. The molecule has 43 heavy (non-hydrogen) atoms. The molecule has 3 heterocycles. The fourth-order valence-corrected chi connectivity index (χ4v) is 6.11. The lowest BCUT2D eigenvalue weighted by Crippen LogP contribution is -1.98. The van der Waals surface area contributed by atoms with E-state index in [1.54, 1.807) is 0 Å². The maximum Gasteiger partial charge on any atom is 0.137 e. The molecule has 0 amide bonds. The van der Waals surface area contributed by atoms with E-state index >= 15 is 0 Å². The van der Waals surface area contributed by atoms with Crippen LogP contribution in [-0.2, 0) is 0 Å². The van der Waals surface area contributed by atoms with Crippen molar-refractivity contribution >= 4 is 21.8 Å². The first kappa shape index (κ1) is 26.7. The normalized spacial score (nSPS) is 11.6. The number of fused-ring (bicyclic) bond motifs is 3. The predicted octanol–water partition coefficient (Wildman–Crippen LogP) is 9.87. The van der Waals surface area contributed by atoms with Gasteiger partial charge in [0.2, 0.25) is 0 Å². The molecule has 0 saturated carbocycles. The fraction of sp³-hybridized carbons (Fsp3) is 0.158. The van der Waals surface area contributed by atoms with Gasteiger partial charge in [0.15, 0.2) is 0 Å². The summed E-state index contributed by atoms with van der Waals surface area (Å²) in [6.45, 7) is 10.9. The number of aromatic nitrogens is 4. The quantitative estimate of drug-likeness (QED) is 0.203. The van der Waals surface area contributed by atoms with E-state index in [0.29, 0.717) is 5.92 Å². The second-order valence-corrected chi connectivity index (χ2v) is 11.7. The largest absolute Gasteiger partial charge is 0.457 e. The maximum absolute atomic E-state index is 6.45. The minimum Gasteiger partial charge on any atom is -0.457 e. The van der Waals surface area contributed by atoms with Crippen molar-refractivity contribution in [1.82, 2.24) is 19.3 Å². The number of rotatable bonds is 6. The van der Waals surface area contributed by atoms with Gasteiger partial charge in [0.05, 0.1) is 22.9 Å². The van der Waals surface area contributed by atoms with Gasteiger partial charge in [-0.2, -0.15) is 5.10 Å². The molecule has 0 bridgehead atoms. The van der Waals surface area contributed by atoms with E-state index < -0.39 is 0 Å². The van der Waals surface area contributed by atoms with Crippen LogP contribution in [-0.4, -0.2) is 19.3 Å². The highest BCUT2D eigenvalue weighted by molar-refractivity contribution is 6.09. The fourth-order valence-electron chi connectivity index (χ4n) is 6.11. The van der Waals surface area contributed by atoms with Crippen LogP contribution in [0.1, 0.15) is 42.0 Å². The van der Waals surface area contributed by atoms with E-state index in [1.807, 2.05) is 47.4 Å². The molecule has 0 fully saturated rings. The molecular weight excluding hydrogens is 528 g/mol. The van der Waals surface area contributed by atoms with Gasteiger partial charge in [-0.1, -0.05) is 50.2 Å². The Balaban J connectivity index is 1.23. The summed E-state index contributed by atoms with van der Waals surface area (Å²) < 4.78 is 10.6. The van der Waals surface area contributed by atoms with E-state index in [9.17, 15) is 0 Å². The summed E-state index contributed by atoms with van der Waals surface area (Å²) in [5, 5.41) is 7.07. The third kappa shape index (κ3) is 4.87. The Hall–Kier alpha value is -5.16. The summed E-state index contributed by atoms with van der Waals surface area (Å²) in [7, 11) is 0. The first-order valence-electron chi connectivity index (χ1n) is 14.8. The zero-order valence-corrected chi connectivity index (χ0v) is 25.2. The van der Waals surface area contributed by atoms with Crippen molar-refractivity contribution in [1.29, 1.82) is 0 Å². The van der Waals surface area contributed by atoms with Crippen LogP contribution in [0.3, 0.4) is 0 Å². The SMILES string of the molecule is Cc1ccnc(-n2c3ccccc3c3ccc(Oc4cccc(-n5cc(-c6c(C)cc(C(C)C)cc6C)cn5)c4)cc32)c1. The lowest BCUT2D eigenvalue weighted by Gasteiger charge is -2.13. The van der Waals surface area contributed by atoms with Crippen LogP contribution in [0.4, 0.5) is 0 Å². The van der Waals surface area contributed by atoms with Crippen molar-refractivity contribution in [2.24, 2.45) is 0 Å². The second kappa shape index (κ2) is 10.6. The summed E-state index contributed by atoms with van der Waals surface area (Å²) in [6.07, 6.45) is 5.91. The Bertz CT molecular complexity index is 2110. The summed E-state index contributed by atoms with van der Waals surface area (Å²) in [5.74, 6) is 2.90. The molecule has 0 saturated heterocycles. The molecule has 0 spiro atoms. The minimum absolute atomic E-state index is 0.500. The Labute approximate surface area is 252 Å². The second-order valence-electron chi connectivity index (χ2n) is 11.7. The van der Waals surface area contributed by atoms with Crippen LogP contribution in [0, 0.1) is 20.8 Å². The molecule has 7 rings (SSSR count). The molecule has 0 radical (unpaired) electrons. The number of hydrogen-bond acceptors (Lipinski definition) is 3. The van der Waals surface area contributed by atoms with Gasteiger partial charge in [-0.15, -0.1) is 0 Å². The van der Waals surface area contributed by atoms with E-state index in [4.69, 9.17) is 14.8 Å². The van der Waals surface area contributed by atoms with Crippen molar-refractivity contribution < 1.29 is 4.74 Å². The first-order valence-corrected chi connectivity index (χ1v) is 14.8. The summed E-state index contributed by atoms with van der Waals surface area (Å²) >= 11 is 0. The number of aryl methyl sites for hydroxylation is 3. The molecule has 212 valence electrons. The van der Waals surface area contributed by atoms with Crippen LogP contribution in [0.25, 0.3) is 44.4 Å². The highest BCUT2D eigenvalue weighted by Gasteiger charge is 2.15. The van der Waals surface area contributed by atoms with Crippen molar-refractivity contribution in [2.75, 3.05) is 0 Å². The van der Waals surface area contributed by atoms with Gasteiger partial charge in [0, 0.05) is 40.9 Å². The third-order valence-corrected chi connectivity index (χ3v) is 8.19. The van der Waals surface area contributed by atoms with Gasteiger partial charge in [-0.25, -0.2) is 9.67 Å². The van der Waals surface area contributed by atoms with Gasteiger partial charge in [0.1, 0.15) is 17.3 Å². The van der Waals surface area contributed by atoms with Crippen molar-refractivity contribution in [3.63, 3.8) is 0 Å². The molecule has 5 nitrogen and oxygen atoms in total. The molecule has 0 unspecified atom stereocenters. The molecule has 0 aliphatic heterocycles. The lowest BCUT2D eigenvalue weighted by atomic mass is 9.91. The highest BCUT2D eigenvalue weighted by Crippen LogP contribution is 2.36. The van der Waals surface area contributed by atoms with Crippen LogP contribution in [0.5, 0.6) is 11.5 Å². The lowest BCUT2D eigenvalue weighted by molar-refractivity contribution is 0.483. The van der Waals surface area contributed by atoms with Gasteiger partial charge < -0.3 is 4.74 Å². The molecular formula is C38H34N4O. The van der Waals surface area contributed by atoms with Crippen molar-refractivity contribution in [3.8, 4) is 34.1 Å².